The van der Waals surface area contributed by atoms with Crippen LogP contribution in [-0.4, -0.2) is 46.9 Å². The Morgan fingerprint density at radius 1 is 1.12 bits per heavy atom. The summed E-state index contributed by atoms with van der Waals surface area (Å²) in [4.78, 5) is 45.5. The number of aryl methyl sites for hydroxylation is 1. The number of amides is 1. The quantitative estimate of drug-likeness (QED) is 0.168. The van der Waals surface area contributed by atoms with Crippen LogP contribution in [0.3, 0.4) is 0 Å². The molecule has 5 rings (SSSR count). The number of hydrogen-bond donors (Lipinski definition) is 1. The van der Waals surface area contributed by atoms with Crippen LogP contribution in [0.1, 0.15) is 65.8 Å². The van der Waals surface area contributed by atoms with Gasteiger partial charge in [0.2, 0.25) is 0 Å². The summed E-state index contributed by atoms with van der Waals surface area (Å²) in [5.41, 5.74) is 2.20. The van der Waals surface area contributed by atoms with E-state index in [1.807, 2.05) is 20.8 Å². The van der Waals surface area contributed by atoms with E-state index in [0.717, 1.165) is 22.6 Å². The van der Waals surface area contributed by atoms with E-state index in [1.165, 1.54) is 11.8 Å². The predicted octanol–water partition coefficient (Wildman–Crippen LogP) is 5.40. The number of thiazole rings is 1. The summed E-state index contributed by atoms with van der Waals surface area (Å²) in [6.07, 6.45) is 0.666. The van der Waals surface area contributed by atoms with Crippen LogP contribution in [0.25, 0.3) is 5.76 Å². The van der Waals surface area contributed by atoms with E-state index in [2.05, 4.69) is 4.98 Å². The summed E-state index contributed by atoms with van der Waals surface area (Å²) in [6.45, 7) is 9.55. The number of anilines is 1. The van der Waals surface area contributed by atoms with E-state index in [0.29, 0.717) is 52.8 Å². The molecule has 3 heterocycles. The van der Waals surface area contributed by atoms with E-state index >= 15 is 0 Å². The van der Waals surface area contributed by atoms with Crippen LogP contribution >= 0.6 is 11.3 Å². The third-order valence-corrected chi connectivity index (χ3v) is 8.07. The average molecular weight is 563 g/mol. The van der Waals surface area contributed by atoms with Crippen molar-refractivity contribution in [3.05, 3.63) is 69.2 Å². The smallest absolute Gasteiger partial charge is 0.301 e. The molecule has 1 fully saturated rings. The van der Waals surface area contributed by atoms with E-state index in [9.17, 15) is 19.5 Å². The topological polar surface area (TPSA) is 115 Å². The van der Waals surface area contributed by atoms with Crippen molar-refractivity contribution in [2.45, 2.75) is 53.2 Å². The van der Waals surface area contributed by atoms with Crippen LogP contribution in [0.2, 0.25) is 0 Å². The van der Waals surface area contributed by atoms with Gasteiger partial charge < -0.3 is 19.3 Å². The van der Waals surface area contributed by atoms with E-state index < -0.39 is 17.7 Å². The first-order valence-corrected chi connectivity index (χ1v) is 13.9. The van der Waals surface area contributed by atoms with Gasteiger partial charge in [0.1, 0.15) is 17.6 Å². The number of carbonyl (C=O) groups is 3. The van der Waals surface area contributed by atoms with Crippen molar-refractivity contribution < 1.29 is 33.7 Å². The van der Waals surface area contributed by atoms with Crippen LogP contribution < -0.4 is 19.1 Å². The predicted molar refractivity (Wildman–Crippen MR) is 151 cm³/mol. The minimum Gasteiger partial charge on any atom is -0.507 e. The van der Waals surface area contributed by atoms with Gasteiger partial charge in [-0.05, 0) is 69.2 Å². The zero-order valence-electron chi connectivity index (χ0n) is 22.9. The van der Waals surface area contributed by atoms with Gasteiger partial charge in [-0.25, -0.2) is 4.98 Å². The molecule has 40 heavy (non-hydrogen) atoms. The lowest BCUT2D eigenvalue weighted by molar-refractivity contribution is -0.132. The van der Waals surface area contributed by atoms with Crippen molar-refractivity contribution in [1.29, 1.82) is 0 Å². The van der Waals surface area contributed by atoms with Gasteiger partial charge in [-0.15, -0.1) is 0 Å². The van der Waals surface area contributed by atoms with Crippen molar-refractivity contribution in [3.63, 3.8) is 0 Å². The molecular formula is C30H30N2O7S. The number of Topliss-reactive ketones (excluding diaryl/α,β-unsaturated/α-hetero) is 2. The zero-order chi connectivity index (χ0) is 28.7. The summed E-state index contributed by atoms with van der Waals surface area (Å²) in [7, 11) is 0. The largest absolute Gasteiger partial charge is 0.507 e. The van der Waals surface area contributed by atoms with Gasteiger partial charge in [-0.3, -0.25) is 19.3 Å². The second-order valence-electron chi connectivity index (χ2n) is 9.66. The molecular weight excluding hydrogens is 532 g/mol. The van der Waals surface area contributed by atoms with Crippen LogP contribution in [0.4, 0.5) is 5.13 Å². The number of benzene rings is 2. The van der Waals surface area contributed by atoms with Crippen LogP contribution in [0.15, 0.2) is 42.0 Å². The number of hydrogen-bond acceptors (Lipinski definition) is 9. The second kappa shape index (κ2) is 10.8. The fourth-order valence-corrected chi connectivity index (χ4v) is 6.11. The van der Waals surface area contributed by atoms with Gasteiger partial charge in [0, 0.05) is 18.9 Å². The highest BCUT2D eigenvalue weighted by atomic mass is 32.1. The maximum atomic E-state index is 13.6. The van der Waals surface area contributed by atoms with Crippen molar-refractivity contribution in [2.24, 2.45) is 0 Å². The lowest BCUT2D eigenvalue weighted by atomic mass is 9.94. The molecule has 0 aliphatic carbocycles. The normalized spacial score (nSPS) is 19.5. The zero-order valence-corrected chi connectivity index (χ0v) is 23.8. The fraction of sp³-hybridized carbons (Fsp3) is 0.333. The number of fused-ring (bicyclic) bond motifs is 1. The molecule has 0 radical (unpaired) electrons. The van der Waals surface area contributed by atoms with Gasteiger partial charge in [0.25, 0.3) is 5.78 Å². The highest BCUT2D eigenvalue weighted by molar-refractivity contribution is 7.18. The Balaban J connectivity index is 1.71. The Labute approximate surface area is 236 Å². The van der Waals surface area contributed by atoms with Gasteiger partial charge >= 0.3 is 5.91 Å². The van der Waals surface area contributed by atoms with E-state index in [-0.39, 0.29) is 28.4 Å². The molecule has 1 N–H and O–H groups in total. The summed E-state index contributed by atoms with van der Waals surface area (Å²) in [5, 5.41) is 11.8. The lowest BCUT2D eigenvalue weighted by Crippen LogP contribution is -2.29. The molecule has 1 saturated heterocycles. The number of rotatable bonds is 8. The lowest BCUT2D eigenvalue weighted by Gasteiger charge is -2.24. The fourth-order valence-electron chi connectivity index (χ4n) is 5.12. The number of aromatic nitrogens is 1. The SMILES string of the molecule is CCOc1ccc([C@@H]2C(=C(O)c3ccc4c(c3)C[C@H](C)O4)C(=O)C(=O)N2c2nc(C)c(C(C)=O)s2)cc1OCC. The number of carbonyl (C=O) groups excluding carboxylic acids is 3. The van der Waals surface area contributed by atoms with Gasteiger partial charge in [-0.2, -0.15) is 0 Å². The van der Waals surface area contributed by atoms with Crippen molar-refractivity contribution >= 4 is 39.7 Å². The van der Waals surface area contributed by atoms with Crippen molar-refractivity contribution in [3.8, 4) is 17.2 Å². The second-order valence-corrected chi connectivity index (χ2v) is 10.6. The number of ketones is 2. The molecule has 0 unspecified atom stereocenters. The molecule has 0 bridgehead atoms. The standard InChI is InChI=1S/C30H30N2O7S/c1-6-37-22-11-8-18(14-23(22)38-7-2)25-24(26(34)19-9-10-21-20(13-19)12-15(3)39-21)27(35)29(36)32(25)30-31-16(4)28(40-30)17(5)33/h8-11,13-15,25,34H,6-7,12H2,1-5H3/t15-,25+/m0/s1. The maximum absolute atomic E-state index is 13.6. The molecule has 3 aromatic rings. The molecule has 9 nitrogen and oxygen atoms in total. The van der Waals surface area contributed by atoms with Crippen LogP contribution in [0, 0.1) is 6.92 Å². The molecule has 208 valence electrons. The third kappa shape index (κ3) is 4.72. The van der Waals surface area contributed by atoms with Crippen LogP contribution in [0.5, 0.6) is 17.2 Å². The number of ether oxygens (including phenoxy) is 3. The van der Waals surface area contributed by atoms with Gasteiger partial charge in [0.15, 0.2) is 22.4 Å². The monoisotopic (exact) mass is 562 g/mol. The maximum Gasteiger partial charge on any atom is 0.301 e. The number of aliphatic hydroxyl groups is 1. The van der Waals surface area contributed by atoms with Crippen molar-refractivity contribution in [2.75, 3.05) is 18.1 Å². The highest BCUT2D eigenvalue weighted by Crippen LogP contribution is 2.46. The van der Waals surface area contributed by atoms with Gasteiger partial charge in [0.05, 0.1) is 35.4 Å². The Kier molecular flexibility index (Phi) is 7.37. The molecule has 2 aliphatic rings. The molecule has 2 aromatic carbocycles. The Morgan fingerprint density at radius 3 is 2.52 bits per heavy atom. The van der Waals surface area contributed by atoms with E-state index in [4.69, 9.17) is 14.2 Å². The Morgan fingerprint density at radius 2 is 1.85 bits per heavy atom. The van der Waals surface area contributed by atoms with Crippen molar-refractivity contribution in [1.82, 2.24) is 4.98 Å². The van der Waals surface area contributed by atoms with Gasteiger partial charge in [-0.1, -0.05) is 17.4 Å². The average Bonchev–Trinajstić information content (AvgIpc) is 3.57. The van der Waals surface area contributed by atoms with Crippen LogP contribution in [-0.2, 0) is 16.0 Å². The summed E-state index contributed by atoms with van der Waals surface area (Å²) >= 11 is 1.04. The van der Waals surface area contributed by atoms with E-state index in [1.54, 1.807) is 43.3 Å². The Hall–Kier alpha value is -4.18. The Bertz CT molecular complexity index is 1560. The minimum atomic E-state index is -1.02. The first-order valence-electron chi connectivity index (χ1n) is 13.1. The molecule has 0 spiro atoms. The summed E-state index contributed by atoms with van der Waals surface area (Å²) in [5.74, 6) is -0.512. The summed E-state index contributed by atoms with van der Waals surface area (Å²) in [6, 6.07) is 9.33. The molecule has 1 amide bonds. The number of aliphatic hydroxyl groups excluding tert-OH is 1. The minimum absolute atomic E-state index is 0.00225. The first-order chi connectivity index (χ1) is 19.1. The number of nitrogens with zero attached hydrogens (tertiary/aromatic N) is 2. The summed E-state index contributed by atoms with van der Waals surface area (Å²) < 4.78 is 17.3. The molecule has 10 heteroatoms. The molecule has 0 saturated carbocycles. The first kappa shape index (κ1) is 27.4. The molecule has 2 aliphatic heterocycles. The third-order valence-electron chi connectivity index (χ3n) is 6.81. The highest BCUT2D eigenvalue weighted by Gasteiger charge is 2.48. The molecule has 2 atom stereocenters. The molecule has 1 aromatic heterocycles.